The molecule has 21 nitrogen and oxygen atoms in total. The van der Waals surface area contributed by atoms with E-state index in [0.29, 0.717) is 57.4 Å². The molecule has 0 spiro atoms. The van der Waals surface area contributed by atoms with Crippen LogP contribution < -0.4 is 57.3 Å². The molecule has 620 valence electrons. The number of ether oxygens (including phenoxy) is 5. The van der Waals surface area contributed by atoms with Gasteiger partial charge in [0.15, 0.2) is 0 Å². The van der Waals surface area contributed by atoms with Crippen molar-refractivity contribution < 1.29 is 94.8 Å². The zero-order valence-electron chi connectivity index (χ0n) is 56.6. The quantitative estimate of drug-likeness (QED) is 0.00571. The summed E-state index contributed by atoms with van der Waals surface area (Å²) in [5.41, 5.74) is 24.1. The van der Waals surface area contributed by atoms with Gasteiger partial charge >= 0.3 is 5.97 Å². The zero-order chi connectivity index (χ0) is 76.0. The van der Waals surface area contributed by atoms with Gasteiger partial charge in [0.25, 0.3) is 11.8 Å². The van der Waals surface area contributed by atoms with Crippen molar-refractivity contribution in [2.75, 3.05) is 25.2 Å². The number of halogens is 10. The number of esters is 1. The summed E-state index contributed by atoms with van der Waals surface area (Å²) in [6.45, 7) is 15.6. The van der Waals surface area contributed by atoms with Gasteiger partial charge < -0.3 is 77.7 Å². The molecular formula is C79H114BrCl4F5N6O15. The molecule has 14 N–H and O–H groups in total. The molecule has 31 heteroatoms. The third-order valence-electron chi connectivity index (χ3n) is 13.2. The standard InChI is InChI=1S/C23H29ClN2O5.C19H21ClN2O4.C16H10ClF5O3.C9H12N2O2.C4H9BrO.8CH4.ClH/c1-14(2)31-21-9-6-17(11-19(21)24)23(29)26-20(22(25)28)10-16-4-7-18(8-5-16)30-13-15(3)12-27;1-11(2)26-17-8-5-13(10-15(17)20)19(25)22-16(18(21)24)9-12-3-6-14(23)7-4-12;1-6(2)24-9-4-3-7(5-8(9)17)16(23)25-15-13(21)11(19)10(18)12(20)14(15)22;10-8(9(11)13)5-6-1-3-7(12)4-2-6;1-4(2-5)3-6;;;;;;;;;/h4-9,11,14-15,20,27H,10,12-13H2,1-3H3,(H2,25,28)(H,26,29);3-8,10-11,16,23H,9H2,1-2H3,(H2,21,24)(H,22,25);3-6H,1-2H3;1-4,8,12H,5,10H2,(H2,11,13);4,6H,2-3H2,1H3;8*1H4;1H/t15-,20-;16-;;8-;4-;;;;;;;;;/m00.01........./s1. The Labute approximate surface area is 675 Å². The van der Waals surface area contributed by atoms with E-state index in [1.54, 1.807) is 98.8 Å². The molecule has 5 atom stereocenters. The van der Waals surface area contributed by atoms with Crippen LogP contribution in [0.1, 0.15) is 163 Å². The summed E-state index contributed by atoms with van der Waals surface area (Å²) >= 11 is 21.5. The van der Waals surface area contributed by atoms with Crippen LogP contribution in [0.4, 0.5) is 22.0 Å². The minimum Gasteiger partial charge on any atom is -0.508 e. The van der Waals surface area contributed by atoms with E-state index < -0.39 is 88.5 Å². The van der Waals surface area contributed by atoms with Crippen molar-refractivity contribution in [1.82, 2.24) is 10.6 Å². The monoisotopic (exact) mass is 1700 g/mol. The molecule has 0 heterocycles. The highest BCUT2D eigenvalue weighted by atomic mass is 79.9. The second-order valence-electron chi connectivity index (χ2n) is 23.2. The second kappa shape index (κ2) is 57.4. The number of hydrogen-bond acceptors (Lipinski definition) is 16. The van der Waals surface area contributed by atoms with Crippen molar-refractivity contribution in [3.8, 4) is 40.2 Å². The van der Waals surface area contributed by atoms with Crippen LogP contribution in [0.25, 0.3) is 0 Å². The largest absolute Gasteiger partial charge is 0.508 e. The molecule has 110 heavy (non-hydrogen) atoms. The Hall–Kier alpha value is -8.67. The van der Waals surface area contributed by atoms with Crippen LogP contribution in [0.3, 0.4) is 0 Å². The van der Waals surface area contributed by atoms with Crippen LogP contribution in [0.5, 0.6) is 40.2 Å². The Bertz CT molecular complexity index is 3850. The molecule has 0 aliphatic carbocycles. The van der Waals surface area contributed by atoms with Crippen molar-refractivity contribution >= 4 is 98.6 Å². The van der Waals surface area contributed by atoms with E-state index in [4.69, 9.17) is 92.0 Å². The molecule has 7 aromatic carbocycles. The lowest BCUT2D eigenvalue weighted by atomic mass is 10.0. The lowest BCUT2D eigenvalue weighted by Gasteiger charge is -2.17. The number of rotatable bonds is 27. The van der Waals surface area contributed by atoms with Gasteiger partial charge in [0.1, 0.15) is 46.6 Å². The molecule has 0 bridgehead atoms. The molecule has 0 fully saturated rings. The summed E-state index contributed by atoms with van der Waals surface area (Å²) in [7, 11) is 0. The maximum absolute atomic E-state index is 13.5. The van der Waals surface area contributed by atoms with E-state index >= 15 is 0 Å². The number of aliphatic hydroxyl groups excluding tert-OH is 2. The number of aliphatic hydroxyl groups is 2. The van der Waals surface area contributed by atoms with Gasteiger partial charge in [0, 0.05) is 48.4 Å². The summed E-state index contributed by atoms with van der Waals surface area (Å²) in [6.07, 6.45) is 0.544. The summed E-state index contributed by atoms with van der Waals surface area (Å²) < 4.78 is 92.5. The number of phenols is 2. The normalized spacial score (nSPS) is 11.2. The Balaban J connectivity index is -0.000000250. The molecular weight excluding hydrogens is 1590 g/mol. The predicted octanol–water partition coefficient (Wildman–Crippen LogP) is 16.9. The van der Waals surface area contributed by atoms with Crippen LogP contribution in [0.2, 0.25) is 15.1 Å². The van der Waals surface area contributed by atoms with Crippen molar-refractivity contribution in [1.29, 1.82) is 0 Å². The molecule has 0 aliphatic heterocycles. The summed E-state index contributed by atoms with van der Waals surface area (Å²) in [6, 6.07) is 30.4. The van der Waals surface area contributed by atoms with Crippen molar-refractivity contribution in [2.45, 2.75) is 171 Å². The first kappa shape index (κ1) is 115. The van der Waals surface area contributed by atoms with E-state index in [9.17, 15) is 55.8 Å². The van der Waals surface area contributed by atoms with Gasteiger partial charge in [-0.1, -0.05) is 160 Å². The minimum atomic E-state index is -2.35. The number of nitrogens with one attached hydrogen (secondary N) is 2. The summed E-state index contributed by atoms with van der Waals surface area (Å²) in [5, 5.41) is 42.4. The maximum atomic E-state index is 13.5. The lowest BCUT2D eigenvalue weighted by molar-refractivity contribution is -0.120. The Kier molecular flexibility index (Phi) is 59.8. The third-order valence-corrected chi connectivity index (χ3v) is 15.2. The van der Waals surface area contributed by atoms with Crippen LogP contribution >= 0.6 is 63.1 Å². The van der Waals surface area contributed by atoms with Gasteiger partial charge in [-0.2, -0.15) is 8.78 Å². The van der Waals surface area contributed by atoms with Crippen LogP contribution in [-0.2, 0) is 33.6 Å². The number of alkyl halides is 1. The SMILES string of the molecule is C.C.C.C.C.C.C.C.CC(C)Oc1ccc(C(=O)N[C@@H](Cc2ccc(O)cc2)C(N)=O)cc1Cl.CC(C)Oc1ccc(C(=O)N[C@@H](Cc2ccc(OC[C@@H](C)CO)cc2)C(N)=O)cc1Cl.CC(C)Oc1ccc(C(=O)Oc2c(F)c(F)c(F)c(F)c2F)cc1Cl.C[C@@H](CO)CBr.Cl.NC(=O)[C@@H](N)Cc1ccc(O)cc1. The van der Waals surface area contributed by atoms with Crippen molar-refractivity contribution in [3.63, 3.8) is 0 Å². The number of phenolic OH excluding ortho intramolecular Hbond substituents is 2. The molecule has 0 aromatic heterocycles. The van der Waals surface area contributed by atoms with Gasteiger partial charge in [-0.05, 0) is 162 Å². The number of amides is 5. The fourth-order valence-electron chi connectivity index (χ4n) is 7.87. The number of benzene rings is 7. The van der Waals surface area contributed by atoms with Gasteiger partial charge in [-0.15, -0.1) is 12.4 Å². The van der Waals surface area contributed by atoms with E-state index in [0.717, 1.165) is 34.2 Å². The maximum Gasteiger partial charge on any atom is 0.343 e. The molecule has 7 aromatic rings. The number of nitrogens with two attached hydrogens (primary N) is 4. The number of primary amides is 3. The molecule has 0 saturated carbocycles. The first-order chi connectivity index (χ1) is 47.5. The highest BCUT2D eigenvalue weighted by molar-refractivity contribution is 9.09. The van der Waals surface area contributed by atoms with Gasteiger partial charge in [0.2, 0.25) is 52.6 Å². The Morgan fingerprint density at radius 3 is 1.05 bits per heavy atom. The van der Waals surface area contributed by atoms with Crippen LogP contribution in [0.15, 0.2) is 127 Å². The molecule has 0 aliphatic rings. The number of carbonyl (C=O) groups is 6. The van der Waals surface area contributed by atoms with Crippen LogP contribution in [-0.4, -0.2) is 118 Å². The number of hydrogen-bond donors (Lipinski definition) is 10. The van der Waals surface area contributed by atoms with E-state index in [1.165, 1.54) is 30.3 Å². The van der Waals surface area contributed by atoms with E-state index in [-0.39, 0.29) is 150 Å². The average Bonchev–Trinajstić information content (AvgIpc) is 0.793. The topological polar surface area (TPSA) is 358 Å². The Morgan fingerprint density at radius 1 is 0.455 bits per heavy atom. The smallest absolute Gasteiger partial charge is 0.343 e. The minimum absolute atomic E-state index is 0. The number of aromatic hydroxyl groups is 2. The Morgan fingerprint density at radius 2 is 0.764 bits per heavy atom. The lowest BCUT2D eigenvalue weighted by Crippen LogP contribution is -2.45. The van der Waals surface area contributed by atoms with Crippen molar-refractivity contribution in [2.24, 2.45) is 34.8 Å². The highest BCUT2D eigenvalue weighted by Gasteiger charge is 2.30. The van der Waals surface area contributed by atoms with Gasteiger partial charge in [0.05, 0.1) is 51.6 Å². The second-order valence-corrected chi connectivity index (χ2v) is 25.1. The fourth-order valence-corrected chi connectivity index (χ4v) is 8.75. The molecule has 0 unspecified atom stereocenters. The molecule has 7 rings (SSSR count). The predicted molar refractivity (Wildman–Crippen MR) is 438 cm³/mol. The van der Waals surface area contributed by atoms with E-state index in [1.807, 2.05) is 41.5 Å². The zero-order valence-corrected chi connectivity index (χ0v) is 61.3. The number of carbonyl (C=O) groups excluding carboxylic acids is 6. The molecule has 0 radical (unpaired) electrons. The van der Waals surface area contributed by atoms with Gasteiger partial charge in [-0.3, -0.25) is 24.0 Å². The fraction of sp³-hybridized carbons (Fsp3) is 0.392. The summed E-state index contributed by atoms with van der Waals surface area (Å²) in [4.78, 5) is 71.2. The summed E-state index contributed by atoms with van der Waals surface area (Å²) in [5.74, 6) is -14.5. The average molecular weight is 1700 g/mol. The molecule has 5 amide bonds. The third kappa shape index (κ3) is 39.8. The molecule has 0 saturated heterocycles. The first-order valence-electron chi connectivity index (χ1n) is 30.9. The van der Waals surface area contributed by atoms with Crippen LogP contribution in [0, 0.1) is 40.9 Å². The first-order valence-corrected chi connectivity index (χ1v) is 33.2. The van der Waals surface area contributed by atoms with Crippen molar-refractivity contribution in [3.05, 3.63) is 205 Å². The highest BCUT2D eigenvalue weighted by Crippen LogP contribution is 2.33. The van der Waals surface area contributed by atoms with Gasteiger partial charge in [-0.25, -0.2) is 18.0 Å². The van der Waals surface area contributed by atoms with E-state index in [2.05, 4.69) is 31.3 Å².